The van der Waals surface area contributed by atoms with Crippen molar-refractivity contribution in [2.75, 3.05) is 0 Å². The van der Waals surface area contributed by atoms with Crippen molar-refractivity contribution in [3.8, 4) is 16.9 Å². The molecule has 1 amide bonds. The molecule has 30 heavy (non-hydrogen) atoms. The molecule has 2 heterocycles. The summed E-state index contributed by atoms with van der Waals surface area (Å²) in [6, 6.07) is 19.4. The first-order valence-electron chi connectivity index (χ1n) is 9.58. The molecule has 1 N–H and O–H groups in total. The van der Waals surface area contributed by atoms with Gasteiger partial charge in [-0.15, -0.1) is 0 Å². The lowest BCUT2D eigenvalue weighted by atomic mass is 10.0. The van der Waals surface area contributed by atoms with Gasteiger partial charge in [0.2, 0.25) is 0 Å². The van der Waals surface area contributed by atoms with Gasteiger partial charge in [0, 0.05) is 35.3 Å². The van der Waals surface area contributed by atoms with Crippen LogP contribution in [0.1, 0.15) is 27.0 Å². The van der Waals surface area contributed by atoms with E-state index >= 15 is 0 Å². The molecule has 0 bridgehead atoms. The second-order valence-electron chi connectivity index (χ2n) is 6.95. The number of carbonyl (C=O) groups excluding carboxylic acids is 1. The lowest BCUT2D eigenvalue weighted by Gasteiger charge is -2.04. The van der Waals surface area contributed by atoms with Crippen molar-refractivity contribution in [2.45, 2.75) is 13.8 Å². The fourth-order valence-electron chi connectivity index (χ4n) is 3.04. The van der Waals surface area contributed by atoms with Crippen LogP contribution in [-0.2, 0) is 0 Å². The lowest BCUT2D eigenvalue weighted by molar-refractivity contribution is 0.0955. The van der Waals surface area contributed by atoms with Gasteiger partial charge in [-0.2, -0.15) is 10.2 Å². The smallest absolute Gasteiger partial charge is 0.267 e. The van der Waals surface area contributed by atoms with E-state index in [0.29, 0.717) is 5.56 Å². The van der Waals surface area contributed by atoms with E-state index in [9.17, 15) is 4.79 Å². The summed E-state index contributed by atoms with van der Waals surface area (Å²) >= 11 is 0. The Kier molecular flexibility index (Phi) is 5.48. The average Bonchev–Trinajstić information content (AvgIpc) is 3.21. The molecule has 0 fully saturated rings. The van der Waals surface area contributed by atoms with Crippen LogP contribution in [0.3, 0.4) is 0 Å². The largest absolute Gasteiger partial charge is 0.271 e. The molecule has 4 aromatic rings. The van der Waals surface area contributed by atoms with Gasteiger partial charge in [-0.25, -0.2) is 10.1 Å². The van der Waals surface area contributed by atoms with E-state index in [1.807, 2.05) is 47.3 Å². The zero-order valence-electron chi connectivity index (χ0n) is 16.8. The van der Waals surface area contributed by atoms with E-state index in [1.54, 1.807) is 30.7 Å². The average molecular weight is 395 g/mol. The molecule has 6 heteroatoms. The monoisotopic (exact) mass is 395 g/mol. The third-order valence-electron chi connectivity index (χ3n) is 4.86. The first kappa shape index (κ1) is 19.3. The minimum atomic E-state index is -0.295. The molecule has 148 valence electrons. The second kappa shape index (κ2) is 8.53. The van der Waals surface area contributed by atoms with Gasteiger partial charge in [-0.05, 0) is 55.3 Å². The minimum absolute atomic E-state index is 0.295. The van der Waals surface area contributed by atoms with Crippen LogP contribution < -0.4 is 5.43 Å². The summed E-state index contributed by atoms with van der Waals surface area (Å²) < 4.78 is 1.82. The van der Waals surface area contributed by atoms with Crippen LogP contribution in [0, 0.1) is 13.8 Å². The van der Waals surface area contributed by atoms with Gasteiger partial charge in [-0.1, -0.05) is 30.3 Å². The Morgan fingerprint density at radius 1 is 1.00 bits per heavy atom. The maximum Gasteiger partial charge on any atom is 0.271 e. The maximum atomic E-state index is 12.2. The molecule has 0 atom stereocenters. The predicted octanol–water partition coefficient (Wildman–Crippen LogP) is 4.32. The van der Waals surface area contributed by atoms with E-state index in [-0.39, 0.29) is 5.91 Å². The van der Waals surface area contributed by atoms with Crippen LogP contribution >= 0.6 is 0 Å². The van der Waals surface area contributed by atoms with Gasteiger partial charge >= 0.3 is 0 Å². The highest BCUT2D eigenvalue weighted by Gasteiger charge is 2.12. The number of para-hydroxylation sites is 1. The number of rotatable bonds is 5. The van der Waals surface area contributed by atoms with Crippen molar-refractivity contribution < 1.29 is 4.79 Å². The molecule has 0 radical (unpaired) electrons. The number of benzene rings is 2. The van der Waals surface area contributed by atoms with Crippen LogP contribution in [0.4, 0.5) is 0 Å². The Hall–Kier alpha value is -4.06. The summed E-state index contributed by atoms with van der Waals surface area (Å²) in [5, 5.41) is 8.93. The van der Waals surface area contributed by atoms with Crippen molar-refractivity contribution in [3.63, 3.8) is 0 Å². The fraction of sp³-hybridized carbons (Fsp3) is 0.0833. The number of hydrogen-bond donors (Lipinski definition) is 1. The molecule has 2 aromatic heterocycles. The summed E-state index contributed by atoms with van der Waals surface area (Å²) in [5.41, 5.74) is 9.01. The molecule has 0 aliphatic carbocycles. The molecule has 2 aromatic carbocycles. The Labute approximate surface area is 174 Å². The Morgan fingerprint density at radius 2 is 1.77 bits per heavy atom. The van der Waals surface area contributed by atoms with Crippen LogP contribution in [0.15, 0.2) is 84.4 Å². The zero-order valence-corrected chi connectivity index (χ0v) is 16.8. The Bertz CT molecular complexity index is 1200. The molecule has 0 unspecified atom stereocenters. The topological polar surface area (TPSA) is 72.2 Å². The Morgan fingerprint density at radius 3 is 2.50 bits per heavy atom. The summed E-state index contributed by atoms with van der Waals surface area (Å²) in [4.78, 5) is 16.1. The molecule has 4 rings (SSSR count). The SMILES string of the molecule is Cc1ccc(-c2nn(-c3ccccc3)cc2/C=N\NC(=O)c2ccncc2)cc1C. The number of pyridine rings is 1. The second-order valence-corrected chi connectivity index (χ2v) is 6.95. The van der Waals surface area contributed by atoms with E-state index in [0.717, 1.165) is 22.5 Å². The molecular weight excluding hydrogens is 374 g/mol. The van der Waals surface area contributed by atoms with Gasteiger partial charge in [0.25, 0.3) is 5.91 Å². The predicted molar refractivity (Wildman–Crippen MR) is 118 cm³/mol. The summed E-state index contributed by atoms with van der Waals surface area (Å²) in [5.74, 6) is -0.295. The number of aryl methyl sites for hydroxylation is 2. The van der Waals surface area contributed by atoms with Crippen LogP contribution in [-0.4, -0.2) is 26.9 Å². The van der Waals surface area contributed by atoms with E-state index in [1.165, 1.54) is 11.1 Å². The van der Waals surface area contributed by atoms with Gasteiger partial charge < -0.3 is 0 Å². The summed E-state index contributed by atoms with van der Waals surface area (Å²) in [7, 11) is 0. The highest BCUT2D eigenvalue weighted by molar-refractivity contribution is 5.95. The number of nitrogens with zero attached hydrogens (tertiary/aromatic N) is 4. The highest BCUT2D eigenvalue weighted by Crippen LogP contribution is 2.25. The Balaban J connectivity index is 1.67. The molecular formula is C24H21N5O. The van der Waals surface area contributed by atoms with E-state index in [2.05, 4.69) is 41.5 Å². The van der Waals surface area contributed by atoms with Crippen LogP contribution in [0.25, 0.3) is 16.9 Å². The van der Waals surface area contributed by atoms with Crippen LogP contribution in [0.5, 0.6) is 0 Å². The zero-order chi connectivity index (χ0) is 20.9. The van der Waals surface area contributed by atoms with Gasteiger partial charge in [-0.3, -0.25) is 9.78 Å². The first-order chi connectivity index (χ1) is 14.6. The molecule has 0 saturated heterocycles. The molecule has 0 saturated carbocycles. The van der Waals surface area contributed by atoms with Crippen molar-refractivity contribution in [2.24, 2.45) is 5.10 Å². The number of amides is 1. The van der Waals surface area contributed by atoms with Crippen LogP contribution in [0.2, 0.25) is 0 Å². The quantitative estimate of drug-likeness (QED) is 0.404. The number of hydrogen-bond acceptors (Lipinski definition) is 4. The number of hydrazone groups is 1. The molecule has 0 spiro atoms. The third-order valence-corrected chi connectivity index (χ3v) is 4.86. The molecule has 0 aliphatic heterocycles. The van der Waals surface area contributed by atoms with Crippen molar-refractivity contribution in [3.05, 3.63) is 102 Å². The van der Waals surface area contributed by atoms with Crippen molar-refractivity contribution >= 4 is 12.1 Å². The standard InChI is InChI=1S/C24H21N5O/c1-17-8-9-20(14-18(17)2)23-21(16-29(28-23)22-6-4-3-5-7-22)15-26-27-24(30)19-10-12-25-13-11-19/h3-16H,1-2H3,(H,27,30)/b26-15-. The van der Waals surface area contributed by atoms with E-state index in [4.69, 9.17) is 5.10 Å². The summed E-state index contributed by atoms with van der Waals surface area (Å²) in [6.07, 6.45) is 6.67. The lowest BCUT2D eigenvalue weighted by Crippen LogP contribution is -2.17. The van der Waals surface area contributed by atoms with E-state index < -0.39 is 0 Å². The van der Waals surface area contributed by atoms with Crippen molar-refractivity contribution in [1.82, 2.24) is 20.2 Å². The van der Waals surface area contributed by atoms with Gasteiger partial charge in [0.05, 0.1) is 11.9 Å². The third kappa shape index (κ3) is 4.17. The van der Waals surface area contributed by atoms with Gasteiger partial charge in [0.1, 0.15) is 5.69 Å². The number of aromatic nitrogens is 3. The summed E-state index contributed by atoms with van der Waals surface area (Å²) in [6.45, 7) is 4.16. The minimum Gasteiger partial charge on any atom is -0.267 e. The fourth-order valence-corrected chi connectivity index (χ4v) is 3.04. The maximum absolute atomic E-state index is 12.2. The highest BCUT2D eigenvalue weighted by atomic mass is 16.2. The molecule has 6 nitrogen and oxygen atoms in total. The normalized spacial score (nSPS) is 11.0. The molecule has 0 aliphatic rings. The number of carbonyl (C=O) groups is 1. The number of nitrogens with one attached hydrogen (secondary N) is 1. The first-order valence-corrected chi connectivity index (χ1v) is 9.58. The van der Waals surface area contributed by atoms with Crippen molar-refractivity contribution in [1.29, 1.82) is 0 Å². The van der Waals surface area contributed by atoms with Gasteiger partial charge in [0.15, 0.2) is 0 Å².